The van der Waals surface area contributed by atoms with Gasteiger partial charge in [-0.05, 0) is 10.6 Å². The standard InChI is InChI=1S/C18H28O4P2.C6H10O4.C6H8O4.CH4O/c1-9-15(19)16(20)10(2)23(9)13-7-5-6-8-14(13)24-11(3)17(21)18(22)12(24)4;2*1-4(6(8)9)3-5(7)10-2;1-2/h5-12,15-22H,1-4H3;4H,3H2,1-2H3,(H,8,9);1,3H2,2H3,(H,8,9);2H,1H3/t9-,10-,11-,12-,15+,16+,17+,18+;4-;;/m01../s1. The Morgan fingerprint density at radius 3 is 1.33 bits per heavy atom. The number of carbonyl (C=O) groups excluding carboxylic acids is 2. The SMILES string of the molecule is C=C(CC(=O)OC)C(=O)O.CO.COC(=O)C[C@@H](C)C(=O)O.C[C@H]1[C@@H](O)[C@H](O)[C@H](C)P1c1ccccc1P1[C@@H](C)[C@@H](O)[C@H](O)[C@@H]1C. The number of aliphatic carboxylic acids is 2. The molecule has 0 saturated carbocycles. The predicted octanol–water partition coefficient (Wildman–Crippen LogP) is 0.995. The lowest BCUT2D eigenvalue weighted by molar-refractivity contribution is -0.149. The summed E-state index contributed by atoms with van der Waals surface area (Å²) in [5.41, 5.74) is 0.0219. The van der Waals surface area contributed by atoms with Gasteiger partial charge in [0.15, 0.2) is 0 Å². The highest BCUT2D eigenvalue weighted by Crippen LogP contribution is 2.59. The molecule has 262 valence electrons. The maximum absolute atomic E-state index is 10.4. The van der Waals surface area contributed by atoms with E-state index in [4.69, 9.17) is 15.3 Å². The zero-order valence-electron chi connectivity index (χ0n) is 27.6. The summed E-state index contributed by atoms with van der Waals surface area (Å²) >= 11 is 0. The molecule has 9 atom stereocenters. The van der Waals surface area contributed by atoms with Crippen molar-refractivity contribution in [1.29, 1.82) is 0 Å². The summed E-state index contributed by atoms with van der Waals surface area (Å²) in [6.45, 7) is 12.7. The molecule has 15 heteroatoms. The minimum absolute atomic E-state index is 0.0456. The fraction of sp³-hybridized carbons (Fsp3) is 0.613. The van der Waals surface area contributed by atoms with E-state index in [1.807, 2.05) is 39.8 Å². The van der Waals surface area contributed by atoms with Crippen molar-refractivity contribution < 1.29 is 64.4 Å². The van der Waals surface area contributed by atoms with E-state index in [1.54, 1.807) is 0 Å². The predicted molar refractivity (Wildman–Crippen MR) is 176 cm³/mol. The molecule has 2 saturated heterocycles. The average molecular weight is 693 g/mol. The van der Waals surface area contributed by atoms with Crippen molar-refractivity contribution in [2.45, 2.75) is 94.5 Å². The number of carbonyl (C=O) groups is 4. The van der Waals surface area contributed by atoms with Gasteiger partial charge in [0, 0.05) is 35.3 Å². The molecule has 0 amide bonds. The minimum Gasteiger partial charge on any atom is -0.481 e. The van der Waals surface area contributed by atoms with Crippen LogP contribution in [0, 0.1) is 5.92 Å². The normalized spacial score (nSPS) is 30.1. The maximum Gasteiger partial charge on any atom is 0.331 e. The van der Waals surface area contributed by atoms with E-state index in [0.29, 0.717) is 0 Å². The lowest BCUT2D eigenvalue weighted by Crippen LogP contribution is -2.30. The highest BCUT2D eigenvalue weighted by Gasteiger charge is 2.49. The van der Waals surface area contributed by atoms with Crippen LogP contribution in [0.5, 0.6) is 0 Å². The van der Waals surface area contributed by atoms with E-state index in [0.717, 1.165) is 7.11 Å². The number of benzene rings is 1. The van der Waals surface area contributed by atoms with E-state index in [-0.39, 0.29) is 41.1 Å². The van der Waals surface area contributed by atoms with Gasteiger partial charge >= 0.3 is 23.9 Å². The zero-order valence-corrected chi connectivity index (χ0v) is 29.4. The molecule has 0 aromatic heterocycles. The van der Waals surface area contributed by atoms with Gasteiger partial charge in [-0.15, -0.1) is 0 Å². The van der Waals surface area contributed by atoms with Gasteiger partial charge in [-0.1, -0.05) is 81.3 Å². The van der Waals surface area contributed by atoms with Crippen LogP contribution >= 0.6 is 15.8 Å². The number of carboxylic acid groups (broad SMARTS) is 2. The summed E-state index contributed by atoms with van der Waals surface area (Å²) in [6.07, 6.45) is -3.04. The molecule has 0 unspecified atom stereocenters. The van der Waals surface area contributed by atoms with Crippen molar-refractivity contribution in [1.82, 2.24) is 0 Å². The number of hydrogen-bond donors (Lipinski definition) is 7. The van der Waals surface area contributed by atoms with E-state index < -0.39 is 70.1 Å². The second kappa shape index (κ2) is 20.7. The molecule has 3 rings (SSSR count). The van der Waals surface area contributed by atoms with E-state index >= 15 is 0 Å². The number of ether oxygens (including phenoxy) is 2. The Hall–Kier alpha value is -2.50. The Bertz CT molecular complexity index is 1080. The van der Waals surface area contributed by atoms with Crippen molar-refractivity contribution in [2.75, 3.05) is 21.3 Å². The Morgan fingerprint density at radius 2 is 1.07 bits per heavy atom. The van der Waals surface area contributed by atoms with E-state index in [9.17, 15) is 39.6 Å². The Balaban J connectivity index is 0.000000767. The highest BCUT2D eigenvalue weighted by atomic mass is 31.1. The van der Waals surface area contributed by atoms with Gasteiger partial charge < -0.3 is 45.2 Å². The molecule has 7 N–H and O–H groups in total. The van der Waals surface area contributed by atoms with Crippen LogP contribution in [0.1, 0.15) is 47.5 Å². The Morgan fingerprint density at radius 1 is 0.739 bits per heavy atom. The molecular formula is C31H50O13P2. The van der Waals surface area contributed by atoms with Gasteiger partial charge in [0.25, 0.3) is 0 Å². The monoisotopic (exact) mass is 692 g/mol. The third kappa shape index (κ3) is 11.6. The first-order valence-corrected chi connectivity index (χ1v) is 17.5. The lowest BCUT2D eigenvalue weighted by atomic mass is 10.1. The summed E-state index contributed by atoms with van der Waals surface area (Å²) in [4.78, 5) is 41.0. The molecule has 1 aromatic carbocycles. The summed E-state index contributed by atoms with van der Waals surface area (Å²) in [5, 5.41) is 67.2. The second-order valence-corrected chi connectivity index (χ2v) is 16.8. The molecule has 2 fully saturated rings. The third-order valence-electron chi connectivity index (χ3n) is 7.88. The first kappa shape index (κ1) is 43.5. The Labute approximate surface area is 272 Å². The van der Waals surface area contributed by atoms with Crippen LogP contribution in [0.4, 0.5) is 0 Å². The van der Waals surface area contributed by atoms with Gasteiger partial charge in [0.2, 0.25) is 0 Å². The number of hydrogen-bond acceptors (Lipinski definition) is 11. The number of carboxylic acids is 2. The molecule has 13 nitrogen and oxygen atoms in total. The van der Waals surface area contributed by atoms with Crippen LogP contribution in [-0.2, 0) is 28.7 Å². The van der Waals surface area contributed by atoms with Crippen LogP contribution in [-0.4, -0.2) is 128 Å². The van der Waals surface area contributed by atoms with Crippen LogP contribution in [0.2, 0.25) is 0 Å². The third-order valence-corrected chi connectivity index (χ3v) is 14.7. The fourth-order valence-corrected chi connectivity index (χ4v) is 12.2. The van der Waals surface area contributed by atoms with E-state index in [1.165, 1.54) is 31.8 Å². The van der Waals surface area contributed by atoms with Gasteiger partial charge in [-0.25, -0.2) is 4.79 Å². The van der Waals surface area contributed by atoms with Crippen molar-refractivity contribution in [2.24, 2.45) is 5.92 Å². The van der Waals surface area contributed by atoms with E-state index in [2.05, 4.69) is 28.2 Å². The first-order valence-electron chi connectivity index (χ1n) is 14.5. The first-order chi connectivity index (χ1) is 21.4. The van der Waals surface area contributed by atoms with Crippen molar-refractivity contribution in [3.05, 3.63) is 36.4 Å². The molecule has 2 aliphatic rings. The van der Waals surface area contributed by atoms with Crippen molar-refractivity contribution in [3.8, 4) is 0 Å². The molecule has 46 heavy (non-hydrogen) atoms. The maximum atomic E-state index is 10.4. The molecule has 0 aliphatic carbocycles. The fourth-order valence-electron chi connectivity index (χ4n) is 5.06. The topological polar surface area (TPSA) is 228 Å². The number of methoxy groups -OCH3 is 2. The van der Waals surface area contributed by atoms with Gasteiger partial charge in [0.05, 0.1) is 57.4 Å². The van der Waals surface area contributed by atoms with Gasteiger partial charge in [0.1, 0.15) is 0 Å². The second-order valence-electron chi connectivity index (χ2n) is 10.9. The quantitative estimate of drug-likeness (QED) is 0.115. The molecule has 0 spiro atoms. The van der Waals surface area contributed by atoms with Crippen LogP contribution in [0.25, 0.3) is 0 Å². The molecule has 2 heterocycles. The summed E-state index contributed by atoms with van der Waals surface area (Å²) in [5.74, 6) is -3.90. The highest BCUT2D eigenvalue weighted by molar-refractivity contribution is 7.73. The van der Waals surface area contributed by atoms with Crippen molar-refractivity contribution in [3.63, 3.8) is 0 Å². The molecule has 0 radical (unpaired) electrons. The average Bonchev–Trinajstić information content (AvgIpc) is 3.35. The zero-order chi connectivity index (χ0) is 36.0. The summed E-state index contributed by atoms with van der Waals surface area (Å²) in [7, 11) is 2.04. The summed E-state index contributed by atoms with van der Waals surface area (Å²) in [6, 6.07) is 8.28. The minimum atomic E-state index is -1.18. The molecule has 2 aliphatic heterocycles. The van der Waals surface area contributed by atoms with Crippen LogP contribution in [0.3, 0.4) is 0 Å². The van der Waals surface area contributed by atoms with Crippen LogP contribution < -0.4 is 10.6 Å². The van der Waals surface area contributed by atoms with Crippen LogP contribution in [0.15, 0.2) is 36.4 Å². The molecule has 1 aromatic rings. The smallest absolute Gasteiger partial charge is 0.331 e. The summed E-state index contributed by atoms with van der Waals surface area (Å²) < 4.78 is 8.48. The number of esters is 2. The van der Waals surface area contributed by atoms with Crippen molar-refractivity contribution >= 4 is 50.3 Å². The molecule has 0 bridgehead atoms. The number of aliphatic hydroxyl groups is 5. The van der Waals surface area contributed by atoms with Gasteiger partial charge in [-0.3, -0.25) is 14.4 Å². The number of aliphatic hydroxyl groups excluding tert-OH is 5. The number of rotatable bonds is 8. The largest absolute Gasteiger partial charge is 0.481 e. The molecular weight excluding hydrogens is 642 g/mol. The lowest BCUT2D eigenvalue weighted by Gasteiger charge is -2.30. The Kier molecular flexibility index (Phi) is 19.6. The van der Waals surface area contributed by atoms with Gasteiger partial charge in [-0.2, -0.15) is 0 Å².